The minimum atomic E-state index is -0.402. The number of benzene rings is 2. The number of amides is 2. The average molecular weight is 419 g/mol. The number of hydrazone groups is 1. The van der Waals surface area contributed by atoms with Crippen molar-refractivity contribution in [2.45, 2.75) is 25.8 Å². The molecule has 0 saturated carbocycles. The van der Waals surface area contributed by atoms with Crippen LogP contribution in [0, 0.1) is 5.82 Å². The van der Waals surface area contributed by atoms with Crippen LogP contribution in [0.1, 0.15) is 30.4 Å². The fraction of sp³-hybridized carbons (Fsp3) is 0.217. The maximum Gasteiger partial charge on any atom is 0.243 e. The summed E-state index contributed by atoms with van der Waals surface area (Å²) in [4.78, 5) is 28.4. The van der Waals surface area contributed by atoms with Crippen molar-refractivity contribution in [2.24, 2.45) is 5.10 Å². The number of carbonyl (C=O) groups excluding carboxylic acids is 2. The lowest BCUT2D eigenvalue weighted by Crippen LogP contribution is -2.27. The van der Waals surface area contributed by atoms with Crippen molar-refractivity contribution in [3.8, 4) is 5.69 Å². The van der Waals surface area contributed by atoms with Gasteiger partial charge < -0.3 is 9.88 Å². The Morgan fingerprint density at radius 3 is 2.68 bits per heavy atom. The molecule has 0 atom stereocenters. The van der Waals surface area contributed by atoms with Gasteiger partial charge >= 0.3 is 0 Å². The minimum Gasteiger partial charge on any atom is -0.352 e. The molecule has 0 radical (unpaired) electrons. The van der Waals surface area contributed by atoms with Gasteiger partial charge in [-0.2, -0.15) is 5.10 Å². The summed E-state index contributed by atoms with van der Waals surface area (Å²) in [5.74, 6) is -0.850. The molecule has 1 aliphatic heterocycles. The van der Waals surface area contributed by atoms with E-state index >= 15 is 0 Å². The molecule has 3 aromatic rings. The fourth-order valence-corrected chi connectivity index (χ4v) is 3.38. The van der Waals surface area contributed by atoms with E-state index < -0.39 is 5.82 Å². The molecular weight excluding hydrogens is 397 g/mol. The number of nitrogens with one attached hydrogen (secondary N) is 1. The van der Waals surface area contributed by atoms with Crippen LogP contribution in [-0.4, -0.2) is 38.6 Å². The van der Waals surface area contributed by atoms with Crippen LogP contribution < -0.4 is 5.32 Å². The largest absolute Gasteiger partial charge is 0.352 e. The first-order chi connectivity index (χ1) is 15.1. The molecule has 1 N–H and O–H groups in total. The van der Waals surface area contributed by atoms with E-state index in [1.807, 2.05) is 30.3 Å². The summed E-state index contributed by atoms with van der Waals surface area (Å²) in [5, 5.41) is 8.55. The second-order valence-corrected chi connectivity index (χ2v) is 7.21. The van der Waals surface area contributed by atoms with Crippen molar-refractivity contribution in [3.63, 3.8) is 0 Å². The zero-order chi connectivity index (χ0) is 21.6. The summed E-state index contributed by atoms with van der Waals surface area (Å²) >= 11 is 0. The van der Waals surface area contributed by atoms with Gasteiger partial charge in [0.25, 0.3) is 0 Å². The summed E-state index contributed by atoms with van der Waals surface area (Å²) < 4.78 is 15.9. The molecule has 0 saturated heterocycles. The molecular formula is C23H22FN5O2. The van der Waals surface area contributed by atoms with Gasteiger partial charge in [-0.05, 0) is 23.3 Å². The number of imidazole rings is 1. The second-order valence-electron chi connectivity index (χ2n) is 7.21. The van der Waals surface area contributed by atoms with Crippen molar-refractivity contribution in [3.05, 3.63) is 84.2 Å². The van der Waals surface area contributed by atoms with E-state index in [1.165, 1.54) is 17.4 Å². The highest BCUT2D eigenvalue weighted by Gasteiger charge is 2.21. The highest BCUT2D eigenvalue weighted by Crippen LogP contribution is 2.16. The fourth-order valence-electron chi connectivity index (χ4n) is 3.38. The third-order valence-corrected chi connectivity index (χ3v) is 5.05. The summed E-state index contributed by atoms with van der Waals surface area (Å²) in [5.41, 5.74) is 2.90. The molecule has 0 aliphatic carbocycles. The Labute approximate surface area is 179 Å². The van der Waals surface area contributed by atoms with E-state index in [-0.39, 0.29) is 31.2 Å². The highest BCUT2D eigenvalue weighted by atomic mass is 19.1. The van der Waals surface area contributed by atoms with Gasteiger partial charge in [-0.1, -0.05) is 36.4 Å². The Hall–Kier alpha value is -3.81. The first-order valence-corrected chi connectivity index (χ1v) is 10.1. The zero-order valence-electron chi connectivity index (χ0n) is 16.9. The minimum absolute atomic E-state index is 0.0567. The third-order valence-electron chi connectivity index (χ3n) is 5.05. The van der Waals surface area contributed by atoms with Crippen LogP contribution in [0.3, 0.4) is 0 Å². The van der Waals surface area contributed by atoms with E-state index in [2.05, 4.69) is 15.4 Å². The third kappa shape index (κ3) is 5.03. The van der Waals surface area contributed by atoms with Crippen LogP contribution in [0.15, 0.2) is 72.4 Å². The maximum atomic E-state index is 14.3. The summed E-state index contributed by atoms with van der Waals surface area (Å²) in [7, 11) is 0. The van der Waals surface area contributed by atoms with Gasteiger partial charge in [0.1, 0.15) is 5.82 Å². The van der Waals surface area contributed by atoms with Gasteiger partial charge in [0, 0.05) is 38.2 Å². The van der Waals surface area contributed by atoms with Gasteiger partial charge in [-0.15, -0.1) is 0 Å². The van der Waals surface area contributed by atoms with Gasteiger partial charge in [-0.25, -0.2) is 14.4 Å². The quantitative estimate of drug-likeness (QED) is 0.639. The van der Waals surface area contributed by atoms with Crippen molar-refractivity contribution in [2.75, 3.05) is 6.54 Å². The molecule has 158 valence electrons. The van der Waals surface area contributed by atoms with Gasteiger partial charge in [0.05, 0.1) is 24.3 Å². The highest BCUT2D eigenvalue weighted by molar-refractivity contribution is 6.02. The predicted molar refractivity (Wildman–Crippen MR) is 114 cm³/mol. The topological polar surface area (TPSA) is 79.6 Å². The number of hydrogen-bond donors (Lipinski definition) is 1. The van der Waals surface area contributed by atoms with E-state index in [1.54, 1.807) is 29.1 Å². The molecule has 0 fully saturated rings. The Morgan fingerprint density at radius 2 is 1.94 bits per heavy atom. The molecule has 8 heteroatoms. The van der Waals surface area contributed by atoms with Gasteiger partial charge in [-0.3, -0.25) is 9.59 Å². The lowest BCUT2D eigenvalue weighted by Gasteiger charge is -2.11. The van der Waals surface area contributed by atoms with E-state index in [9.17, 15) is 14.0 Å². The number of rotatable bonds is 7. The molecule has 2 heterocycles. The lowest BCUT2D eigenvalue weighted by atomic mass is 10.1. The number of aromatic nitrogens is 2. The van der Waals surface area contributed by atoms with Crippen molar-refractivity contribution < 1.29 is 14.0 Å². The number of halogens is 1. The van der Waals surface area contributed by atoms with E-state index in [0.717, 1.165) is 11.3 Å². The summed E-state index contributed by atoms with van der Waals surface area (Å²) in [6.45, 7) is 0.710. The van der Waals surface area contributed by atoms with Crippen LogP contribution in [0.2, 0.25) is 0 Å². The van der Waals surface area contributed by atoms with Crippen LogP contribution in [0.5, 0.6) is 0 Å². The molecule has 1 aromatic heterocycles. The second kappa shape index (κ2) is 9.34. The molecule has 2 aromatic carbocycles. The average Bonchev–Trinajstić information content (AvgIpc) is 3.49. The number of hydrogen-bond acceptors (Lipinski definition) is 4. The Balaban J connectivity index is 1.25. The monoisotopic (exact) mass is 419 g/mol. The molecule has 1 aliphatic rings. The molecule has 0 spiro atoms. The molecule has 31 heavy (non-hydrogen) atoms. The lowest BCUT2D eigenvalue weighted by molar-refractivity contribution is -0.133. The number of carbonyl (C=O) groups is 2. The van der Waals surface area contributed by atoms with Gasteiger partial charge in [0.15, 0.2) is 0 Å². The van der Waals surface area contributed by atoms with Crippen molar-refractivity contribution in [1.29, 1.82) is 0 Å². The first kappa shape index (κ1) is 20.5. The molecule has 7 nitrogen and oxygen atoms in total. The summed E-state index contributed by atoms with van der Waals surface area (Å²) in [6.07, 6.45) is 5.58. The normalized spacial score (nSPS) is 13.2. The predicted octanol–water partition coefficient (Wildman–Crippen LogP) is 3.04. The first-order valence-electron chi connectivity index (χ1n) is 10.1. The van der Waals surface area contributed by atoms with Crippen molar-refractivity contribution in [1.82, 2.24) is 19.9 Å². The van der Waals surface area contributed by atoms with E-state index in [4.69, 9.17) is 0 Å². The van der Waals surface area contributed by atoms with Crippen molar-refractivity contribution >= 4 is 17.5 Å². The van der Waals surface area contributed by atoms with E-state index in [0.29, 0.717) is 24.2 Å². The van der Waals surface area contributed by atoms with Crippen LogP contribution in [0.4, 0.5) is 4.39 Å². The SMILES string of the molecule is O=C(CCC(=O)N1CCC(c2ccccc2)=N1)NCc1ccc(-n2ccnc2)c(F)c1. The standard InChI is InChI=1S/C23H22FN5O2/c24-19-14-17(6-7-21(19)28-13-11-25-16-28)15-26-22(30)8-9-23(31)29-12-10-20(27-29)18-4-2-1-3-5-18/h1-7,11,13-14,16H,8-10,12,15H2,(H,26,30). The van der Waals surface area contributed by atoms with Crippen LogP contribution in [-0.2, 0) is 16.1 Å². The van der Waals surface area contributed by atoms with Gasteiger partial charge in [0.2, 0.25) is 11.8 Å². The molecule has 2 amide bonds. The van der Waals surface area contributed by atoms with Crippen LogP contribution in [0.25, 0.3) is 5.69 Å². The van der Waals surface area contributed by atoms with Crippen LogP contribution >= 0.6 is 0 Å². The molecule has 4 rings (SSSR count). The number of nitrogens with zero attached hydrogens (tertiary/aromatic N) is 4. The molecule has 0 unspecified atom stereocenters. The zero-order valence-corrected chi connectivity index (χ0v) is 16.9. The smallest absolute Gasteiger partial charge is 0.243 e. The Morgan fingerprint density at radius 1 is 1.10 bits per heavy atom. The molecule has 0 bridgehead atoms. The Bertz CT molecular complexity index is 1100. The maximum absolute atomic E-state index is 14.3. The Kier molecular flexibility index (Phi) is 6.16. The summed E-state index contributed by atoms with van der Waals surface area (Å²) in [6, 6.07) is 14.5.